The number of benzene rings is 1. The smallest absolute Gasteiger partial charge is 0.335 e. The van der Waals surface area contributed by atoms with Gasteiger partial charge in [0.1, 0.15) is 6.04 Å². The Labute approximate surface area is 156 Å². The third-order valence-electron chi connectivity index (χ3n) is 4.63. The number of aliphatic hydroxyl groups is 1. The summed E-state index contributed by atoms with van der Waals surface area (Å²) in [5, 5.41) is 22.3. The molecule has 1 unspecified atom stereocenters. The number of amides is 2. The molecule has 1 aromatic rings. The highest BCUT2D eigenvalue weighted by Crippen LogP contribution is 2.23. The molecule has 1 aromatic carbocycles. The quantitative estimate of drug-likeness (QED) is 0.716. The summed E-state index contributed by atoms with van der Waals surface area (Å²) in [4.78, 5) is 37.8. The van der Waals surface area contributed by atoms with Crippen LogP contribution in [0.4, 0.5) is 0 Å². The molecule has 1 aliphatic heterocycles. The first-order valence-corrected chi connectivity index (χ1v) is 8.83. The predicted octanol–water partition coefficient (Wildman–Crippen LogP) is 1.53. The number of hydrogen-bond donors (Lipinski definition) is 3. The second-order valence-corrected chi connectivity index (χ2v) is 7.30. The van der Waals surface area contributed by atoms with E-state index < -0.39 is 17.6 Å². The van der Waals surface area contributed by atoms with Crippen LogP contribution >= 0.6 is 11.6 Å². The van der Waals surface area contributed by atoms with E-state index in [1.165, 1.54) is 4.90 Å². The molecule has 0 bridgehead atoms. The monoisotopic (exact) mass is 382 g/mol. The summed E-state index contributed by atoms with van der Waals surface area (Å²) in [6.45, 7) is 3.90. The van der Waals surface area contributed by atoms with E-state index in [-0.39, 0.29) is 43.7 Å². The van der Waals surface area contributed by atoms with Gasteiger partial charge in [0.25, 0.3) is 5.91 Å². The molecule has 2 rings (SSSR count). The van der Waals surface area contributed by atoms with Gasteiger partial charge in [0.15, 0.2) is 5.60 Å². The van der Waals surface area contributed by atoms with Gasteiger partial charge in [0.2, 0.25) is 5.91 Å². The highest BCUT2D eigenvalue weighted by molar-refractivity contribution is 6.30. The third-order valence-corrected chi connectivity index (χ3v) is 4.88. The first kappa shape index (κ1) is 20.2. The molecule has 1 atom stereocenters. The molecule has 0 aliphatic carbocycles. The van der Waals surface area contributed by atoms with Crippen molar-refractivity contribution in [1.29, 1.82) is 0 Å². The van der Waals surface area contributed by atoms with Gasteiger partial charge in [-0.05, 0) is 30.2 Å². The van der Waals surface area contributed by atoms with E-state index in [0.717, 1.165) is 0 Å². The van der Waals surface area contributed by atoms with Gasteiger partial charge in [-0.2, -0.15) is 0 Å². The Hall–Kier alpha value is -2.12. The Morgan fingerprint density at radius 3 is 2.15 bits per heavy atom. The minimum atomic E-state index is -1.79. The fourth-order valence-electron chi connectivity index (χ4n) is 2.85. The largest absolute Gasteiger partial charge is 0.479 e. The van der Waals surface area contributed by atoms with Gasteiger partial charge >= 0.3 is 5.97 Å². The second kappa shape index (κ2) is 8.05. The maximum Gasteiger partial charge on any atom is 0.335 e. The number of aliphatic carboxylic acids is 1. The van der Waals surface area contributed by atoms with E-state index in [2.05, 4.69) is 5.32 Å². The van der Waals surface area contributed by atoms with Crippen molar-refractivity contribution in [3.63, 3.8) is 0 Å². The van der Waals surface area contributed by atoms with E-state index in [4.69, 9.17) is 16.7 Å². The second-order valence-electron chi connectivity index (χ2n) is 6.86. The molecular formula is C18H23ClN2O5. The van der Waals surface area contributed by atoms with Crippen LogP contribution in [0.25, 0.3) is 0 Å². The Morgan fingerprint density at radius 1 is 1.15 bits per heavy atom. The van der Waals surface area contributed by atoms with Crippen molar-refractivity contribution in [2.45, 2.75) is 38.3 Å². The fourth-order valence-corrected chi connectivity index (χ4v) is 2.97. The van der Waals surface area contributed by atoms with Crippen LogP contribution in [-0.2, 0) is 9.59 Å². The standard InChI is InChI=1S/C18H23ClN2O5/c1-11(2)14(20-15(22)12-3-5-13(19)6-4-12)16(23)21-9-7-18(26,8-10-21)17(24)25/h3-6,11,14,26H,7-10H2,1-2H3,(H,20,22)(H,24,25). The van der Waals surface area contributed by atoms with E-state index in [0.29, 0.717) is 10.6 Å². The van der Waals surface area contributed by atoms with Crippen molar-refractivity contribution in [1.82, 2.24) is 10.2 Å². The summed E-state index contributed by atoms with van der Waals surface area (Å²) in [5.74, 6) is -2.09. The Bertz CT molecular complexity index is 681. The van der Waals surface area contributed by atoms with Gasteiger partial charge in [0, 0.05) is 36.5 Å². The van der Waals surface area contributed by atoms with Crippen LogP contribution in [0.3, 0.4) is 0 Å². The lowest BCUT2D eigenvalue weighted by atomic mass is 9.90. The number of carbonyl (C=O) groups is 3. The van der Waals surface area contributed by atoms with Crippen molar-refractivity contribution in [2.75, 3.05) is 13.1 Å². The lowest BCUT2D eigenvalue weighted by molar-refractivity contribution is -0.165. The normalized spacial score (nSPS) is 17.7. The number of nitrogens with zero attached hydrogens (tertiary/aromatic N) is 1. The number of likely N-dealkylation sites (tertiary alicyclic amines) is 1. The molecule has 8 heteroatoms. The molecule has 142 valence electrons. The lowest BCUT2D eigenvalue weighted by Crippen LogP contribution is -2.56. The fraction of sp³-hybridized carbons (Fsp3) is 0.500. The Balaban J connectivity index is 2.05. The van der Waals surface area contributed by atoms with Crippen molar-refractivity contribution in [3.8, 4) is 0 Å². The average molecular weight is 383 g/mol. The van der Waals surface area contributed by atoms with E-state index in [1.807, 2.05) is 13.8 Å². The molecule has 0 aromatic heterocycles. The predicted molar refractivity (Wildman–Crippen MR) is 95.9 cm³/mol. The number of carboxylic acid groups (broad SMARTS) is 1. The van der Waals surface area contributed by atoms with Crippen LogP contribution in [0.1, 0.15) is 37.0 Å². The zero-order valence-electron chi connectivity index (χ0n) is 14.7. The zero-order valence-corrected chi connectivity index (χ0v) is 15.5. The molecule has 1 fully saturated rings. The van der Waals surface area contributed by atoms with Crippen molar-refractivity contribution in [2.24, 2.45) is 5.92 Å². The topological polar surface area (TPSA) is 107 Å². The molecule has 3 N–H and O–H groups in total. The highest BCUT2D eigenvalue weighted by Gasteiger charge is 2.41. The van der Waals surface area contributed by atoms with Gasteiger partial charge in [-0.1, -0.05) is 25.4 Å². The maximum absolute atomic E-state index is 12.8. The summed E-state index contributed by atoms with van der Waals surface area (Å²) in [5.41, 5.74) is -1.40. The van der Waals surface area contributed by atoms with Gasteiger partial charge in [-0.25, -0.2) is 4.79 Å². The van der Waals surface area contributed by atoms with Crippen LogP contribution < -0.4 is 5.32 Å². The number of hydrogen-bond acceptors (Lipinski definition) is 4. The first-order valence-electron chi connectivity index (χ1n) is 8.45. The lowest BCUT2D eigenvalue weighted by Gasteiger charge is -2.37. The van der Waals surface area contributed by atoms with Gasteiger partial charge in [-0.3, -0.25) is 9.59 Å². The number of carboxylic acids is 1. The first-order chi connectivity index (χ1) is 12.1. The molecule has 1 aliphatic rings. The molecule has 0 spiro atoms. The highest BCUT2D eigenvalue weighted by atomic mass is 35.5. The Kier molecular flexibility index (Phi) is 6.26. The van der Waals surface area contributed by atoms with Gasteiger partial charge < -0.3 is 20.4 Å². The van der Waals surface area contributed by atoms with Crippen LogP contribution in [-0.4, -0.2) is 57.6 Å². The number of nitrogens with one attached hydrogen (secondary N) is 1. The van der Waals surface area contributed by atoms with Gasteiger partial charge in [0.05, 0.1) is 0 Å². The minimum absolute atomic E-state index is 0.0377. The van der Waals surface area contributed by atoms with E-state index in [1.54, 1.807) is 24.3 Å². The molecule has 2 amide bonds. The van der Waals surface area contributed by atoms with Crippen LogP contribution in [0.15, 0.2) is 24.3 Å². The number of rotatable bonds is 5. The number of carbonyl (C=O) groups excluding carboxylic acids is 2. The zero-order chi connectivity index (χ0) is 19.5. The van der Waals surface area contributed by atoms with E-state index in [9.17, 15) is 19.5 Å². The number of halogens is 1. The van der Waals surface area contributed by atoms with Crippen LogP contribution in [0.5, 0.6) is 0 Å². The summed E-state index contributed by atoms with van der Waals surface area (Å²) in [6, 6.07) is 5.61. The van der Waals surface area contributed by atoms with Gasteiger partial charge in [-0.15, -0.1) is 0 Å². The molecule has 0 radical (unpaired) electrons. The summed E-state index contributed by atoms with van der Waals surface area (Å²) in [6.07, 6.45) is -0.0754. The molecular weight excluding hydrogens is 360 g/mol. The third kappa shape index (κ3) is 4.53. The minimum Gasteiger partial charge on any atom is -0.479 e. The Morgan fingerprint density at radius 2 is 1.69 bits per heavy atom. The molecule has 7 nitrogen and oxygen atoms in total. The summed E-state index contributed by atoms with van der Waals surface area (Å²) < 4.78 is 0. The SMILES string of the molecule is CC(C)C(NC(=O)c1ccc(Cl)cc1)C(=O)N1CCC(O)(C(=O)O)CC1. The summed E-state index contributed by atoms with van der Waals surface area (Å²) in [7, 11) is 0. The molecule has 1 heterocycles. The van der Waals surface area contributed by atoms with E-state index >= 15 is 0 Å². The maximum atomic E-state index is 12.8. The molecule has 0 saturated carbocycles. The van der Waals surface area contributed by atoms with Crippen molar-refractivity contribution >= 4 is 29.4 Å². The number of piperidine rings is 1. The molecule has 26 heavy (non-hydrogen) atoms. The van der Waals surface area contributed by atoms with Crippen molar-refractivity contribution < 1.29 is 24.6 Å². The summed E-state index contributed by atoms with van der Waals surface area (Å²) >= 11 is 5.82. The molecule has 1 saturated heterocycles. The van der Waals surface area contributed by atoms with Crippen molar-refractivity contribution in [3.05, 3.63) is 34.9 Å². The van der Waals surface area contributed by atoms with Crippen LogP contribution in [0.2, 0.25) is 5.02 Å². The van der Waals surface area contributed by atoms with Crippen LogP contribution in [0, 0.1) is 5.92 Å². The average Bonchev–Trinajstić information content (AvgIpc) is 2.59.